The number of fused-ring (bicyclic) bond motifs is 3. The smallest absolute Gasteiger partial charge is 0.270 e. The first kappa shape index (κ1) is 19.9. The molecule has 1 N–H and O–H groups in total. The predicted octanol–water partition coefficient (Wildman–Crippen LogP) is 2.96. The van der Waals surface area contributed by atoms with E-state index in [9.17, 15) is 19.7 Å². The average Bonchev–Trinajstić information content (AvgIpc) is 3.13. The maximum Gasteiger partial charge on any atom is 0.270 e. The van der Waals surface area contributed by atoms with Crippen molar-refractivity contribution in [2.75, 3.05) is 0 Å². The molecule has 154 valence electrons. The molecular formula is C20H19N5O4S. The van der Waals surface area contributed by atoms with Crippen molar-refractivity contribution in [1.82, 2.24) is 15.0 Å². The summed E-state index contributed by atoms with van der Waals surface area (Å²) < 4.78 is 1.32. The number of hydrogen-bond donors (Lipinski definition) is 1. The maximum absolute atomic E-state index is 13.1. The Hall–Kier alpha value is -3.40. The third-order valence-electron chi connectivity index (χ3n) is 5.17. The molecule has 1 aliphatic carbocycles. The summed E-state index contributed by atoms with van der Waals surface area (Å²) >= 11 is 1.56. The Kier molecular flexibility index (Phi) is 5.40. The number of rotatable bonds is 5. The van der Waals surface area contributed by atoms with E-state index in [0.717, 1.165) is 36.1 Å². The second-order valence-electron chi connectivity index (χ2n) is 7.11. The molecule has 0 fully saturated rings. The highest BCUT2D eigenvalue weighted by atomic mass is 32.1. The Morgan fingerprint density at radius 3 is 3.00 bits per heavy atom. The summed E-state index contributed by atoms with van der Waals surface area (Å²) in [7, 11) is 0. The van der Waals surface area contributed by atoms with Gasteiger partial charge in [0, 0.05) is 22.6 Å². The van der Waals surface area contributed by atoms with Crippen molar-refractivity contribution in [1.29, 1.82) is 0 Å². The number of carbonyl (C=O) groups is 1. The molecule has 0 saturated heterocycles. The molecule has 1 unspecified atom stereocenters. The highest BCUT2D eigenvalue weighted by Crippen LogP contribution is 2.33. The number of hydrogen-bond acceptors (Lipinski definition) is 7. The lowest BCUT2D eigenvalue weighted by atomic mass is 9.97. The van der Waals surface area contributed by atoms with Crippen molar-refractivity contribution < 1.29 is 9.72 Å². The SMILES string of the molecule is CC(C(=O)NN=Cc1cccc([N+](=O)[O-])c1)n1cnc2sc3c(c2c1=O)CCCC3. The first-order valence-electron chi connectivity index (χ1n) is 9.54. The Labute approximate surface area is 175 Å². The summed E-state index contributed by atoms with van der Waals surface area (Å²) in [4.78, 5) is 42.2. The van der Waals surface area contributed by atoms with Gasteiger partial charge < -0.3 is 0 Å². The molecule has 1 aliphatic rings. The molecule has 1 aromatic carbocycles. The molecule has 0 bridgehead atoms. The van der Waals surface area contributed by atoms with Gasteiger partial charge in [0.25, 0.3) is 17.2 Å². The fourth-order valence-corrected chi connectivity index (χ4v) is 4.76. The molecule has 4 rings (SSSR count). The number of carbonyl (C=O) groups excluding carboxylic acids is 1. The molecule has 30 heavy (non-hydrogen) atoms. The van der Waals surface area contributed by atoms with Crippen LogP contribution in [0, 0.1) is 10.1 Å². The van der Waals surface area contributed by atoms with Crippen LogP contribution in [0.2, 0.25) is 0 Å². The van der Waals surface area contributed by atoms with E-state index in [2.05, 4.69) is 15.5 Å². The van der Waals surface area contributed by atoms with Crippen LogP contribution in [-0.2, 0) is 17.6 Å². The molecule has 3 aromatic rings. The Balaban J connectivity index is 1.53. The van der Waals surface area contributed by atoms with Gasteiger partial charge in [0.05, 0.1) is 22.9 Å². The third kappa shape index (κ3) is 3.73. The van der Waals surface area contributed by atoms with E-state index in [1.165, 1.54) is 40.2 Å². The van der Waals surface area contributed by atoms with Crippen LogP contribution < -0.4 is 11.0 Å². The van der Waals surface area contributed by atoms with Gasteiger partial charge in [-0.1, -0.05) is 12.1 Å². The Morgan fingerprint density at radius 2 is 2.20 bits per heavy atom. The van der Waals surface area contributed by atoms with Gasteiger partial charge in [0.1, 0.15) is 10.9 Å². The van der Waals surface area contributed by atoms with E-state index >= 15 is 0 Å². The average molecular weight is 425 g/mol. The van der Waals surface area contributed by atoms with Crippen LogP contribution >= 0.6 is 11.3 Å². The molecule has 9 nitrogen and oxygen atoms in total. The second kappa shape index (κ2) is 8.15. The summed E-state index contributed by atoms with van der Waals surface area (Å²) in [5.74, 6) is -0.482. The summed E-state index contributed by atoms with van der Waals surface area (Å²) in [6.07, 6.45) is 6.73. The molecule has 2 aromatic heterocycles. The van der Waals surface area contributed by atoms with Crippen LogP contribution in [0.25, 0.3) is 10.2 Å². The van der Waals surface area contributed by atoms with Gasteiger partial charge in [0.15, 0.2) is 0 Å². The number of amides is 1. The lowest BCUT2D eigenvalue weighted by Crippen LogP contribution is -2.34. The minimum atomic E-state index is -0.809. The lowest BCUT2D eigenvalue weighted by molar-refractivity contribution is -0.384. The van der Waals surface area contributed by atoms with Crippen LogP contribution in [0.15, 0.2) is 40.5 Å². The van der Waals surface area contributed by atoms with Gasteiger partial charge in [-0.25, -0.2) is 10.4 Å². The largest absolute Gasteiger partial charge is 0.286 e. The zero-order valence-electron chi connectivity index (χ0n) is 16.2. The minimum Gasteiger partial charge on any atom is -0.286 e. The zero-order chi connectivity index (χ0) is 21.3. The fraction of sp³-hybridized carbons (Fsp3) is 0.300. The number of nitro benzene ring substituents is 1. The number of hydrazone groups is 1. The summed E-state index contributed by atoms with van der Waals surface area (Å²) in [5.41, 5.74) is 3.65. The third-order valence-corrected chi connectivity index (χ3v) is 6.37. The summed E-state index contributed by atoms with van der Waals surface area (Å²) in [5, 5.41) is 15.3. The molecule has 0 aliphatic heterocycles. The van der Waals surface area contributed by atoms with Gasteiger partial charge in [-0.3, -0.25) is 24.3 Å². The van der Waals surface area contributed by atoms with Crippen LogP contribution in [0.1, 0.15) is 41.8 Å². The van der Waals surface area contributed by atoms with Gasteiger partial charge in [0.2, 0.25) is 0 Å². The van der Waals surface area contributed by atoms with Crippen LogP contribution in [0.5, 0.6) is 0 Å². The standard InChI is InChI=1S/C20H19N5O4S/c1-12(18(26)23-22-10-13-5-4-6-14(9-13)25(28)29)24-11-21-19-17(20(24)27)15-7-2-3-8-16(15)30-19/h4-6,9-12H,2-3,7-8H2,1H3,(H,23,26). The zero-order valence-corrected chi connectivity index (χ0v) is 17.0. The van der Waals surface area contributed by atoms with E-state index in [1.54, 1.807) is 24.3 Å². The van der Waals surface area contributed by atoms with Crippen molar-refractivity contribution in [2.45, 2.75) is 38.6 Å². The molecule has 2 heterocycles. The Bertz CT molecular complexity index is 1230. The summed E-state index contributed by atoms with van der Waals surface area (Å²) in [6.45, 7) is 1.60. The van der Waals surface area contributed by atoms with Gasteiger partial charge in [-0.05, 0) is 38.2 Å². The molecule has 0 radical (unpaired) electrons. The lowest BCUT2D eigenvalue weighted by Gasteiger charge is -2.14. The van der Waals surface area contributed by atoms with Crippen molar-refractivity contribution in [3.8, 4) is 0 Å². The number of nitrogens with zero attached hydrogens (tertiary/aromatic N) is 4. The molecule has 1 amide bonds. The maximum atomic E-state index is 13.1. The molecule has 0 spiro atoms. The molecule has 0 saturated carbocycles. The van der Waals surface area contributed by atoms with Gasteiger partial charge in [-0.15, -0.1) is 11.3 Å². The predicted molar refractivity (Wildman–Crippen MR) is 114 cm³/mol. The number of benzene rings is 1. The number of aryl methyl sites for hydroxylation is 2. The molecule has 1 atom stereocenters. The first-order valence-corrected chi connectivity index (χ1v) is 10.4. The van der Waals surface area contributed by atoms with E-state index in [4.69, 9.17) is 0 Å². The Morgan fingerprint density at radius 1 is 1.40 bits per heavy atom. The number of nitrogens with one attached hydrogen (secondary N) is 1. The van der Waals surface area contributed by atoms with Gasteiger partial charge in [-0.2, -0.15) is 5.10 Å². The highest BCUT2D eigenvalue weighted by Gasteiger charge is 2.23. The summed E-state index contributed by atoms with van der Waals surface area (Å²) in [6, 6.07) is 5.08. The van der Waals surface area contributed by atoms with Gasteiger partial charge >= 0.3 is 0 Å². The van der Waals surface area contributed by atoms with E-state index in [0.29, 0.717) is 10.9 Å². The van der Waals surface area contributed by atoms with Crippen LogP contribution in [-0.4, -0.2) is 26.6 Å². The second-order valence-corrected chi connectivity index (χ2v) is 8.19. The van der Waals surface area contributed by atoms with Crippen LogP contribution in [0.3, 0.4) is 0 Å². The normalized spacial score (nSPS) is 14.6. The topological polar surface area (TPSA) is 119 Å². The number of aromatic nitrogens is 2. The van der Waals surface area contributed by atoms with E-state index in [1.807, 2.05) is 0 Å². The van der Waals surface area contributed by atoms with Crippen molar-refractivity contribution in [3.63, 3.8) is 0 Å². The molecular weight excluding hydrogens is 406 g/mol. The minimum absolute atomic E-state index is 0.0660. The first-order chi connectivity index (χ1) is 14.5. The van der Waals surface area contributed by atoms with E-state index in [-0.39, 0.29) is 11.2 Å². The van der Waals surface area contributed by atoms with E-state index < -0.39 is 16.9 Å². The van der Waals surface area contributed by atoms with Crippen LogP contribution in [0.4, 0.5) is 5.69 Å². The number of thiophene rings is 1. The quantitative estimate of drug-likeness (QED) is 0.383. The number of nitro groups is 1. The fourth-order valence-electron chi connectivity index (χ4n) is 3.54. The van der Waals surface area contributed by atoms with Crippen molar-refractivity contribution >= 4 is 39.4 Å². The van der Waals surface area contributed by atoms with Crippen molar-refractivity contribution in [2.24, 2.45) is 5.10 Å². The number of non-ortho nitro benzene ring substituents is 1. The van der Waals surface area contributed by atoms with Crippen molar-refractivity contribution in [3.05, 3.63) is 67.1 Å². The monoisotopic (exact) mass is 425 g/mol. The highest BCUT2D eigenvalue weighted by molar-refractivity contribution is 7.18. The molecule has 10 heteroatoms.